The maximum Gasteiger partial charge on any atom is 0.338 e. The highest BCUT2D eigenvalue weighted by Crippen LogP contribution is 2.31. The molecule has 2 aromatic carbocycles. The molecule has 198 valence electrons. The lowest BCUT2D eigenvalue weighted by Gasteiger charge is -2.24. The number of carboxylic acid groups (broad SMARTS) is 1. The molecule has 3 heterocycles. The normalized spacial score (nSPS) is 15.1. The van der Waals surface area contributed by atoms with Crippen molar-refractivity contribution in [2.45, 2.75) is 19.9 Å². The summed E-state index contributed by atoms with van der Waals surface area (Å²) in [6, 6.07) is 16.3. The topological polar surface area (TPSA) is 120 Å². The third-order valence-electron chi connectivity index (χ3n) is 6.24. The van der Waals surface area contributed by atoms with Gasteiger partial charge in [0.1, 0.15) is 17.3 Å². The molecule has 39 heavy (non-hydrogen) atoms. The summed E-state index contributed by atoms with van der Waals surface area (Å²) in [4.78, 5) is 43.1. The number of rotatable bonds is 7. The van der Waals surface area contributed by atoms with Crippen LogP contribution < -0.4 is 19.6 Å². The molecule has 2 aromatic heterocycles. The van der Waals surface area contributed by atoms with E-state index in [1.807, 2.05) is 12.1 Å². The van der Waals surface area contributed by atoms with E-state index < -0.39 is 18.0 Å². The molecule has 0 saturated carbocycles. The minimum absolute atomic E-state index is 0.144. The molecule has 9 nitrogen and oxygen atoms in total. The first kappa shape index (κ1) is 25.9. The molecule has 1 atom stereocenters. The van der Waals surface area contributed by atoms with E-state index in [1.165, 1.54) is 28.0 Å². The molecule has 1 aliphatic rings. The van der Waals surface area contributed by atoms with Crippen LogP contribution in [0.15, 0.2) is 86.1 Å². The number of thiazole rings is 1. The number of fused-ring (bicyclic) bond motifs is 1. The van der Waals surface area contributed by atoms with Gasteiger partial charge in [-0.25, -0.2) is 14.6 Å². The summed E-state index contributed by atoms with van der Waals surface area (Å²) < 4.78 is 18.4. The number of carboxylic acids is 1. The molecule has 4 aromatic rings. The Balaban J connectivity index is 1.61. The van der Waals surface area contributed by atoms with Crippen LogP contribution in [0.4, 0.5) is 0 Å². The number of allylic oxidation sites excluding steroid dienone is 1. The van der Waals surface area contributed by atoms with Crippen LogP contribution in [0.1, 0.15) is 41.6 Å². The SMILES string of the molecule is CCOC(=O)C1=C(C)N=c2s/c(=C\c3ccc(-c4cccc(C(=O)O)c4)o3)c(=O)n2[C@H]1c1ccc(OC)cc1. The number of hydrogen-bond donors (Lipinski definition) is 1. The smallest absolute Gasteiger partial charge is 0.338 e. The van der Waals surface area contributed by atoms with Gasteiger partial charge in [-0.1, -0.05) is 35.6 Å². The van der Waals surface area contributed by atoms with Gasteiger partial charge in [0.25, 0.3) is 5.56 Å². The van der Waals surface area contributed by atoms with E-state index in [-0.39, 0.29) is 17.7 Å². The lowest BCUT2D eigenvalue weighted by molar-refractivity contribution is -0.139. The van der Waals surface area contributed by atoms with E-state index in [0.717, 1.165) is 0 Å². The van der Waals surface area contributed by atoms with Gasteiger partial charge in [-0.05, 0) is 55.8 Å². The van der Waals surface area contributed by atoms with E-state index in [1.54, 1.807) is 63.4 Å². The van der Waals surface area contributed by atoms with E-state index in [0.29, 0.717) is 49.0 Å². The third-order valence-corrected chi connectivity index (χ3v) is 7.23. The fourth-order valence-corrected chi connectivity index (χ4v) is 5.44. The Kier molecular flexibility index (Phi) is 7.03. The average Bonchev–Trinajstić information content (AvgIpc) is 3.52. The van der Waals surface area contributed by atoms with Gasteiger partial charge in [0.15, 0.2) is 4.80 Å². The van der Waals surface area contributed by atoms with E-state index in [9.17, 15) is 19.5 Å². The molecule has 10 heteroatoms. The van der Waals surface area contributed by atoms with Gasteiger partial charge < -0.3 is 19.0 Å². The van der Waals surface area contributed by atoms with Crippen molar-refractivity contribution >= 4 is 29.4 Å². The van der Waals surface area contributed by atoms with Crippen LogP contribution in [-0.4, -0.2) is 35.3 Å². The number of aromatic nitrogens is 1. The number of ether oxygens (including phenoxy) is 2. The summed E-state index contributed by atoms with van der Waals surface area (Å²) in [5, 5.41) is 9.28. The molecule has 0 bridgehead atoms. The Bertz CT molecular complexity index is 1790. The number of carbonyl (C=O) groups excluding carboxylic acids is 1. The van der Waals surface area contributed by atoms with Crippen LogP contribution in [0.25, 0.3) is 17.4 Å². The standard InChI is InChI=1S/C29H24N2O7S/c1-4-37-28(35)24-16(2)30-29-31(25(24)17-8-10-20(36-3)11-9-17)26(32)23(39-29)15-21-12-13-22(38-21)18-6-5-7-19(14-18)27(33)34/h5-15,25H,4H2,1-3H3,(H,33,34)/b23-15-/t25-/m0/s1. The zero-order valence-corrected chi connectivity index (χ0v) is 22.2. The Morgan fingerprint density at radius 2 is 1.92 bits per heavy atom. The highest BCUT2D eigenvalue weighted by atomic mass is 32.1. The van der Waals surface area contributed by atoms with E-state index in [2.05, 4.69) is 4.99 Å². The van der Waals surface area contributed by atoms with Gasteiger partial charge in [-0.2, -0.15) is 0 Å². The molecular formula is C29H24N2O7S. The second-order valence-corrected chi connectivity index (χ2v) is 9.67. The van der Waals surface area contributed by atoms with Gasteiger partial charge in [0.05, 0.1) is 41.1 Å². The number of benzene rings is 2. The lowest BCUT2D eigenvalue weighted by Crippen LogP contribution is -2.39. The Labute approximate surface area is 226 Å². The first-order chi connectivity index (χ1) is 18.8. The van der Waals surface area contributed by atoms with Crippen LogP contribution >= 0.6 is 11.3 Å². The maximum atomic E-state index is 13.7. The summed E-state index contributed by atoms with van der Waals surface area (Å²) in [7, 11) is 1.56. The summed E-state index contributed by atoms with van der Waals surface area (Å²) in [5.74, 6) is -0.0409. The van der Waals surface area contributed by atoms with Crippen molar-refractivity contribution in [3.8, 4) is 17.1 Å². The van der Waals surface area contributed by atoms with Crippen LogP contribution in [0, 0.1) is 0 Å². The molecule has 0 fully saturated rings. The molecule has 1 N–H and O–H groups in total. The zero-order valence-electron chi connectivity index (χ0n) is 21.3. The van der Waals surface area contributed by atoms with Gasteiger partial charge in [0.2, 0.25) is 0 Å². The van der Waals surface area contributed by atoms with Gasteiger partial charge >= 0.3 is 11.9 Å². The molecule has 0 aliphatic carbocycles. The first-order valence-corrected chi connectivity index (χ1v) is 12.9. The maximum absolute atomic E-state index is 13.7. The van der Waals surface area contributed by atoms with Gasteiger partial charge in [-0.3, -0.25) is 9.36 Å². The van der Waals surface area contributed by atoms with Crippen molar-refractivity contribution in [3.05, 3.63) is 109 Å². The zero-order chi connectivity index (χ0) is 27.7. The molecule has 0 amide bonds. The van der Waals surface area contributed by atoms with Crippen molar-refractivity contribution in [2.75, 3.05) is 13.7 Å². The van der Waals surface area contributed by atoms with Crippen molar-refractivity contribution in [2.24, 2.45) is 4.99 Å². The van der Waals surface area contributed by atoms with Crippen molar-refractivity contribution in [3.63, 3.8) is 0 Å². The number of methoxy groups -OCH3 is 1. The largest absolute Gasteiger partial charge is 0.497 e. The summed E-state index contributed by atoms with van der Waals surface area (Å²) in [6.07, 6.45) is 1.61. The molecule has 0 saturated heterocycles. The van der Waals surface area contributed by atoms with E-state index in [4.69, 9.17) is 13.9 Å². The van der Waals surface area contributed by atoms with Crippen LogP contribution in [-0.2, 0) is 9.53 Å². The first-order valence-electron chi connectivity index (χ1n) is 12.1. The quantitative estimate of drug-likeness (QED) is 0.352. The summed E-state index contributed by atoms with van der Waals surface area (Å²) in [6.45, 7) is 3.64. The van der Waals surface area contributed by atoms with Crippen molar-refractivity contribution in [1.29, 1.82) is 0 Å². The molecule has 0 radical (unpaired) electrons. The lowest BCUT2D eigenvalue weighted by atomic mass is 9.96. The van der Waals surface area contributed by atoms with Crippen molar-refractivity contribution < 1.29 is 28.6 Å². The van der Waals surface area contributed by atoms with Gasteiger partial charge in [0, 0.05) is 11.6 Å². The molecule has 0 unspecified atom stereocenters. The third kappa shape index (κ3) is 4.94. The predicted octanol–water partition coefficient (Wildman–Crippen LogP) is 3.77. The van der Waals surface area contributed by atoms with E-state index >= 15 is 0 Å². The van der Waals surface area contributed by atoms with Crippen LogP contribution in [0.3, 0.4) is 0 Å². The fraction of sp³-hybridized carbons (Fsp3) is 0.172. The van der Waals surface area contributed by atoms with Crippen LogP contribution in [0.5, 0.6) is 5.75 Å². The number of carbonyl (C=O) groups is 2. The average molecular weight is 545 g/mol. The Hall–Kier alpha value is -4.70. The second-order valence-electron chi connectivity index (χ2n) is 8.66. The number of aromatic carboxylic acids is 1. The summed E-state index contributed by atoms with van der Waals surface area (Å²) in [5.41, 5.74) is 1.88. The number of hydrogen-bond acceptors (Lipinski definition) is 8. The van der Waals surface area contributed by atoms with Crippen molar-refractivity contribution in [1.82, 2.24) is 4.57 Å². The predicted molar refractivity (Wildman–Crippen MR) is 144 cm³/mol. The number of furan rings is 1. The second kappa shape index (κ2) is 10.6. The minimum Gasteiger partial charge on any atom is -0.497 e. The number of nitrogens with zero attached hydrogens (tertiary/aromatic N) is 2. The molecular weight excluding hydrogens is 520 g/mol. The Morgan fingerprint density at radius 1 is 1.15 bits per heavy atom. The highest BCUT2D eigenvalue weighted by molar-refractivity contribution is 7.07. The number of esters is 1. The molecule has 5 rings (SSSR count). The van der Waals surface area contributed by atoms with Crippen LogP contribution in [0.2, 0.25) is 0 Å². The highest BCUT2D eigenvalue weighted by Gasteiger charge is 2.33. The Morgan fingerprint density at radius 3 is 2.62 bits per heavy atom. The van der Waals surface area contributed by atoms with Gasteiger partial charge in [-0.15, -0.1) is 0 Å². The molecule has 0 spiro atoms. The minimum atomic E-state index is -1.03. The molecule has 1 aliphatic heterocycles. The monoisotopic (exact) mass is 544 g/mol. The summed E-state index contributed by atoms with van der Waals surface area (Å²) >= 11 is 1.18. The fourth-order valence-electron chi connectivity index (χ4n) is 4.41.